The van der Waals surface area contributed by atoms with Gasteiger partial charge in [0.1, 0.15) is 73.2 Å². The van der Waals surface area contributed by atoms with E-state index in [2.05, 4.69) is 43.5 Å². The summed E-state index contributed by atoms with van der Waals surface area (Å²) in [4.78, 5) is 13.5. The Labute approximate surface area is 556 Å². The minimum Gasteiger partial charge on any atom is -0.394 e. The number of nitrogens with one attached hydrogen (secondary N) is 1. The molecule has 17 unspecified atom stereocenters. The number of hydrogen-bond donors (Lipinski definition) is 12. The molecular weight excluding hydrogens is 1180 g/mol. The quantitative estimate of drug-likeness (QED) is 0.0199. The molecule has 0 spiro atoms. The lowest BCUT2D eigenvalue weighted by molar-refractivity contribution is -0.379. The third-order valence-corrected chi connectivity index (χ3v) is 19.0. The van der Waals surface area contributed by atoms with E-state index >= 15 is 0 Å². The van der Waals surface area contributed by atoms with Gasteiger partial charge in [0, 0.05) is 6.42 Å². The molecule has 0 aromatic heterocycles. The first-order valence-electron chi connectivity index (χ1n) is 37.6. The first-order valence-corrected chi connectivity index (χ1v) is 37.6. The van der Waals surface area contributed by atoms with Gasteiger partial charge in [0.25, 0.3) is 0 Å². The summed E-state index contributed by atoms with van der Waals surface area (Å²) < 4.78 is 34.5. The molecule has 0 saturated carbocycles. The summed E-state index contributed by atoms with van der Waals surface area (Å²) in [6.07, 6.45) is 36.8. The van der Waals surface area contributed by atoms with Crippen LogP contribution in [0.15, 0.2) is 24.3 Å². The van der Waals surface area contributed by atoms with Crippen molar-refractivity contribution in [1.82, 2.24) is 5.32 Å². The van der Waals surface area contributed by atoms with Crippen LogP contribution in [0.4, 0.5) is 0 Å². The fourth-order valence-electron chi connectivity index (χ4n) is 12.9. The molecule has 0 bridgehead atoms. The number of ether oxygens (including phenoxy) is 6. The van der Waals surface area contributed by atoms with Crippen molar-refractivity contribution in [2.24, 2.45) is 0 Å². The Morgan fingerprint density at radius 1 is 0.391 bits per heavy atom. The van der Waals surface area contributed by atoms with Gasteiger partial charge in [-0.1, -0.05) is 276 Å². The lowest BCUT2D eigenvalue weighted by Gasteiger charge is -2.48. The largest absolute Gasteiger partial charge is 0.394 e. The van der Waals surface area contributed by atoms with Crippen LogP contribution in [0.25, 0.3) is 0 Å². The maximum atomic E-state index is 13.5. The monoisotopic (exact) mass is 1320 g/mol. The number of rotatable bonds is 59. The highest BCUT2D eigenvalue weighted by Crippen LogP contribution is 2.33. The minimum absolute atomic E-state index is 0.238. The molecule has 19 heteroatoms. The summed E-state index contributed by atoms with van der Waals surface area (Å²) >= 11 is 0. The van der Waals surface area contributed by atoms with Crippen molar-refractivity contribution >= 4 is 5.91 Å². The molecular formula is C73H137NO18. The second kappa shape index (κ2) is 55.2. The molecule has 542 valence electrons. The molecule has 0 aromatic rings. The lowest BCUT2D eigenvalue weighted by atomic mass is 9.96. The number of unbranched alkanes of at least 4 members (excludes halogenated alkanes) is 39. The molecule has 0 aliphatic carbocycles. The summed E-state index contributed by atoms with van der Waals surface area (Å²) in [6, 6.07) is -0.886. The van der Waals surface area contributed by atoms with Crippen molar-refractivity contribution in [2.45, 2.75) is 407 Å². The van der Waals surface area contributed by atoms with Gasteiger partial charge < -0.3 is 89.9 Å². The predicted molar refractivity (Wildman–Crippen MR) is 360 cm³/mol. The smallest absolute Gasteiger partial charge is 0.220 e. The zero-order valence-corrected chi connectivity index (χ0v) is 57.5. The standard InChI is InChI=1S/C73H137NO18/c1-3-5-7-9-11-13-15-17-19-21-23-25-26-27-28-29-30-31-33-35-37-39-41-43-45-47-49-51-61(79)74-56(57(78)50-48-46-44-42-40-38-36-34-32-24-22-20-18-16-14-12-10-8-6-4-2)55-87-71-67(85)64(82)69(59(53-76)89-71)92-73-68(86)65(83)70(60(54-77)90-73)91-72-66(84)63(81)62(80)58(52-75)88-72/h15,17,21,23,56-60,62-73,75-78,80-86H,3-14,16,18-20,22,24-55H2,1-2H3,(H,74,79)/b17-15-,23-21-. The van der Waals surface area contributed by atoms with Gasteiger partial charge in [-0.15, -0.1) is 0 Å². The van der Waals surface area contributed by atoms with E-state index in [9.17, 15) is 61.0 Å². The molecule has 3 fully saturated rings. The van der Waals surface area contributed by atoms with Gasteiger partial charge in [-0.05, 0) is 44.9 Å². The first kappa shape index (κ1) is 84.5. The zero-order chi connectivity index (χ0) is 66.8. The van der Waals surface area contributed by atoms with Gasteiger partial charge >= 0.3 is 0 Å². The van der Waals surface area contributed by atoms with Gasteiger partial charge in [-0.2, -0.15) is 0 Å². The van der Waals surface area contributed by atoms with Crippen molar-refractivity contribution in [3.8, 4) is 0 Å². The van der Waals surface area contributed by atoms with Gasteiger partial charge in [-0.3, -0.25) is 4.79 Å². The van der Waals surface area contributed by atoms with Crippen molar-refractivity contribution < 1.29 is 89.4 Å². The summed E-state index contributed by atoms with van der Waals surface area (Å²) in [6.45, 7) is 1.83. The van der Waals surface area contributed by atoms with Crippen molar-refractivity contribution in [1.29, 1.82) is 0 Å². The van der Waals surface area contributed by atoms with Crippen LogP contribution in [0, 0.1) is 0 Å². The summed E-state index contributed by atoms with van der Waals surface area (Å²) in [5.41, 5.74) is 0. The lowest BCUT2D eigenvalue weighted by Crippen LogP contribution is -2.66. The second-order valence-corrected chi connectivity index (χ2v) is 27.1. The Hall–Kier alpha value is -1.73. The van der Waals surface area contributed by atoms with E-state index in [-0.39, 0.29) is 18.9 Å². The number of carbonyl (C=O) groups excluding carboxylic acids is 1. The zero-order valence-electron chi connectivity index (χ0n) is 57.5. The van der Waals surface area contributed by atoms with Crippen LogP contribution in [0.1, 0.15) is 303 Å². The van der Waals surface area contributed by atoms with Crippen LogP contribution < -0.4 is 5.32 Å². The molecule has 17 atom stereocenters. The van der Waals surface area contributed by atoms with Crippen LogP contribution in [0.3, 0.4) is 0 Å². The molecule has 3 rings (SSSR count). The van der Waals surface area contributed by atoms with Crippen LogP contribution >= 0.6 is 0 Å². The van der Waals surface area contributed by atoms with Crippen LogP contribution in [-0.2, 0) is 33.2 Å². The number of aliphatic hydroxyl groups is 11. The molecule has 1 amide bonds. The minimum atomic E-state index is -1.97. The van der Waals surface area contributed by atoms with Crippen molar-refractivity contribution in [3.63, 3.8) is 0 Å². The second-order valence-electron chi connectivity index (χ2n) is 27.1. The number of carbonyl (C=O) groups is 1. The summed E-state index contributed by atoms with van der Waals surface area (Å²) in [5.74, 6) is -0.238. The Morgan fingerprint density at radius 2 is 0.717 bits per heavy atom. The maximum Gasteiger partial charge on any atom is 0.220 e. The SMILES string of the molecule is CCCCCCC/C=C\C/C=C\CCCCCCCCCCCCCCCCCC(=O)NC(COC1OC(CO)C(OC2OC(CO)C(OC3OC(CO)C(O)C(O)C3O)C(O)C2O)C(O)C1O)C(O)CCCCCCCCCCCCCCCCCCCCCC. The number of allylic oxidation sites excluding steroid dienone is 4. The molecule has 19 nitrogen and oxygen atoms in total. The first-order chi connectivity index (χ1) is 44.8. The Morgan fingerprint density at radius 3 is 1.11 bits per heavy atom. The van der Waals surface area contributed by atoms with Crippen LogP contribution in [0.5, 0.6) is 0 Å². The van der Waals surface area contributed by atoms with Gasteiger partial charge in [-0.25, -0.2) is 0 Å². The average Bonchev–Trinajstić information content (AvgIpc) is 0.854. The Bertz CT molecular complexity index is 1760. The molecule has 0 radical (unpaired) electrons. The van der Waals surface area contributed by atoms with E-state index in [0.29, 0.717) is 12.8 Å². The van der Waals surface area contributed by atoms with E-state index in [4.69, 9.17) is 28.4 Å². The van der Waals surface area contributed by atoms with E-state index in [1.807, 2.05) is 0 Å². The van der Waals surface area contributed by atoms with E-state index in [1.54, 1.807) is 0 Å². The number of aliphatic hydroxyl groups excluding tert-OH is 11. The Balaban J connectivity index is 1.39. The molecule has 12 N–H and O–H groups in total. The fourth-order valence-corrected chi connectivity index (χ4v) is 12.9. The van der Waals surface area contributed by atoms with Gasteiger partial charge in [0.15, 0.2) is 18.9 Å². The molecule has 3 heterocycles. The molecule has 3 saturated heterocycles. The van der Waals surface area contributed by atoms with E-state index in [1.165, 1.54) is 218 Å². The normalized spacial score (nSPS) is 27.8. The number of hydrogen-bond acceptors (Lipinski definition) is 18. The third kappa shape index (κ3) is 36.2. The maximum absolute atomic E-state index is 13.5. The van der Waals surface area contributed by atoms with Crippen molar-refractivity contribution in [3.05, 3.63) is 24.3 Å². The highest BCUT2D eigenvalue weighted by atomic mass is 16.8. The highest BCUT2D eigenvalue weighted by Gasteiger charge is 2.53. The molecule has 92 heavy (non-hydrogen) atoms. The van der Waals surface area contributed by atoms with E-state index < -0.39 is 124 Å². The van der Waals surface area contributed by atoms with Gasteiger partial charge in [0.05, 0.1) is 38.6 Å². The summed E-state index contributed by atoms with van der Waals surface area (Å²) in [5, 5.41) is 121. The van der Waals surface area contributed by atoms with Crippen LogP contribution in [0.2, 0.25) is 0 Å². The van der Waals surface area contributed by atoms with E-state index in [0.717, 1.165) is 51.4 Å². The average molecular weight is 1320 g/mol. The molecule has 0 aromatic carbocycles. The number of amides is 1. The van der Waals surface area contributed by atoms with Crippen LogP contribution in [-0.4, -0.2) is 193 Å². The topological polar surface area (TPSA) is 307 Å². The van der Waals surface area contributed by atoms with Gasteiger partial charge in [0.2, 0.25) is 5.91 Å². The third-order valence-electron chi connectivity index (χ3n) is 19.0. The predicted octanol–water partition coefficient (Wildman–Crippen LogP) is 11.0. The fraction of sp³-hybridized carbons (Fsp3) is 0.932. The molecule has 3 aliphatic rings. The highest BCUT2D eigenvalue weighted by molar-refractivity contribution is 5.76. The summed E-state index contributed by atoms with van der Waals surface area (Å²) in [7, 11) is 0. The Kier molecular flexibility index (Phi) is 50.7. The molecule has 3 aliphatic heterocycles. The van der Waals surface area contributed by atoms with Crippen molar-refractivity contribution in [2.75, 3.05) is 26.4 Å².